The van der Waals surface area contributed by atoms with Crippen molar-refractivity contribution < 1.29 is 13.2 Å². The van der Waals surface area contributed by atoms with Gasteiger partial charge in [0.25, 0.3) is 10.0 Å². The van der Waals surface area contributed by atoms with E-state index in [2.05, 4.69) is 0 Å². The van der Waals surface area contributed by atoms with Gasteiger partial charge in [-0.05, 0) is 38.3 Å². The van der Waals surface area contributed by atoms with Crippen LogP contribution in [0.2, 0.25) is 0 Å². The number of hydrogen-bond donors (Lipinski definition) is 0. The Balaban J connectivity index is 2.20. The molecule has 20 heavy (non-hydrogen) atoms. The molecule has 1 aliphatic rings. The smallest absolute Gasteiger partial charge is 0.252 e. The fraction of sp³-hybridized carbons (Fsp3) is 0.692. The Labute approximate surface area is 129 Å². The first-order valence-corrected chi connectivity index (χ1v) is 9.55. The molecule has 0 N–H and O–H groups in total. The zero-order chi connectivity index (χ0) is 14.8. The lowest BCUT2D eigenvalue weighted by atomic mass is 10.1. The minimum atomic E-state index is -3.41. The first-order valence-electron chi connectivity index (χ1n) is 6.76. The van der Waals surface area contributed by atoms with Crippen molar-refractivity contribution in [3.8, 4) is 0 Å². The molecular formula is C13H20ClNO3S2. The van der Waals surface area contributed by atoms with E-state index in [0.717, 1.165) is 23.3 Å². The average Bonchev–Trinajstić information content (AvgIpc) is 2.81. The molecule has 1 aromatic heterocycles. The second kappa shape index (κ2) is 6.75. The van der Waals surface area contributed by atoms with E-state index in [1.54, 1.807) is 10.4 Å². The van der Waals surface area contributed by atoms with Crippen molar-refractivity contribution in [1.29, 1.82) is 0 Å². The third-order valence-corrected chi connectivity index (χ3v) is 7.43. The highest BCUT2D eigenvalue weighted by atomic mass is 35.5. The van der Waals surface area contributed by atoms with Crippen LogP contribution in [-0.2, 0) is 20.6 Å². The molecule has 1 fully saturated rings. The summed E-state index contributed by atoms with van der Waals surface area (Å²) in [5.41, 5.74) is 0.946. The summed E-state index contributed by atoms with van der Waals surface area (Å²) in [6, 6.07) is 1.72. The highest BCUT2D eigenvalue weighted by molar-refractivity contribution is 7.91. The molecule has 1 atom stereocenters. The van der Waals surface area contributed by atoms with Gasteiger partial charge in [-0.1, -0.05) is 0 Å². The summed E-state index contributed by atoms with van der Waals surface area (Å²) in [6.07, 6.45) is 1.78. The first kappa shape index (κ1) is 16.2. The zero-order valence-electron chi connectivity index (χ0n) is 11.8. The van der Waals surface area contributed by atoms with Crippen LogP contribution in [0.15, 0.2) is 10.3 Å². The monoisotopic (exact) mass is 337 g/mol. The molecule has 0 spiro atoms. The number of ether oxygens (including phenoxy) is 1. The minimum absolute atomic E-state index is 0.0112. The van der Waals surface area contributed by atoms with Gasteiger partial charge in [0.15, 0.2) is 0 Å². The number of hydrogen-bond acceptors (Lipinski definition) is 4. The number of rotatable bonds is 5. The van der Waals surface area contributed by atoms with Crippen molar-refractivity contribution >= 4 is 33.0 Å². The minimum Gasteiger partial charge on any atom is -0.377 e. The molecule has 114 valence electrons. The molecule has 1 aliphatic heterocycles. The Kier molecular flexibility index (Phi) is 5.48. The third-order valence-electron chi connectivity index (χ3n) is 3.46. The van der Waals surface area contributed by atoms with Crippen LogP contribution >= 0.6 is 22.9 Å². The standard InChI is InChI=1S/C13H20ClNO3S2/c1-3-18-11-5-4-6-15(9-11)20(16,17)13-7-10(2)12(8-14)19-13/h7,11H,3-6,8-9H2,1-2H3. The van der Waals surface area contributed by atoms with Crippen molar-refractivity contribution in [3.05, 3.63) is 16.5 Å². The van der Waals surface area contributed by atoms with Crippen molar-refractivity contribution in [2.75, 3.05) is 19.7 Å². The lowest BCUT2D eigenvalue weighted by Crippen LogP contribution is -2.42. The number of nitrogens with zero attached hydrogens (tertiary/aromatic N) is 1. The van der Waals surface area contributed by atoms with Gasteiger partial charge in [0, 0.05) is 24.6 Å². The summed E-state index contributed by atoms with van der Waals surface area (Å²) in [5.74, 6) is 0.355. The number of piperidine rings is 1. The van der Waals surface area contributed by atoms with Gasteiger partial charge in [-0.3, -0.25) is 0 Å². The van der Waals surface area contributed by atoms with Crippen LogP contribution in [0.5, 0.6) is 0 Å². The van der Waals surface area contributed by atoms with E-state index in [1.807, 2.05) is 13.8 Å². The molecule has 0 saturated carbocycles. The van der Waals surface area contributed by atoms with Crippen LogP contribution in [0.25, 0.3) is 0 Å². The molecule has 4 nitrogen and oxygen atoms in total. The molecular weight excluding hydrogens is 318 g/mol. The number of halogens is 1. The molecule has 0 bridgehead atoms. The van der Waals surface area contributed by atoms with Crippen LogP contribution < -0.4 is 0 Å². The van der Waals surface area contributed by atoms with E-state index < -0.39 is 10.0 Å². The van der Waals surface area contributed by atoms with E-state index >= 15 is 0 Å². The Bertz CT molecular complexity index is 554. The topological polar surface area (TPSA) is 46.6 Å². The average molecular weight is 338 g/mol. The summed E-state index contributed by atoms with van der Waals surface area (Å²) in [4.78, 5) is 0.920. The molecule has 1 aromatic rings. The SMILES string of the molecule is CCOC1CCCN(S(=O)(=O)c2cc(C)c(CCl)s2)C1. The van der Waals surface area contributed by atoms with Crippen LogP contribution in [0, 0.1) is 6.92 Å². The highest BCUT2D eigenvalue weighted by Crippen LogP contribution is 2.31. The Hall–Kier alpha value is -0.140. The molecule has 0 aliphatic carbocycles. The van der Waals surface area contributed by atoms with E-state index in [4.69, 9.17) is 16.3 Å². The predicted molar refractivity (Wildman–Crippen MR) is 82.0 cm³/mol. The summed E-state index contributed by atoms with van der Waals surface area (Å²) >= 11 is 7.10. The molecule has 1 unspecified atom stereocenters. The molecule has 2 rings (SSSR count). The van der Waals surface area contributed by atoms with Crippen molar-refractivity contribution in [2.45, 2.75) is 42.9 Å². The number of alkyl halides is 1. The second-order valence-electron chi connectivity index (χ2n) is 4.89. The third kappa shape index (κ3) is 3.36. The van der Waals surface area contributed by atoms with Crippen LogP contribution in [0.1, 0.15) is 30.2 Å². The van der Waals surface area contributed by atoms with Crippen molar-refractivity contribution in [3.63, 3.8) is 0 Å². The van der Waals surface area contributed by atoms with Crippen LogP contribution in [0.3, 0.4) is 0 Å². The lowest BCUT2D eigenvalue weighted by Gasteiger charge is -2.31. The van der Waals surface area contributed by atoms with E-state index in [0.29, 0.717) is 29.8 Å². The molecule has 0 amide bonds. The van der Waals surface area contributed by atoms with Gasteiger partial charge < -0.3 is 4.74 Å². The zero-order valence-corrected chi connectivity index (χ0v) is 14.2. The van der Waals surface area contributed by atoms with Gasteiger partial charge in [-0.25, -0.2) is 8.42 Å². The van der Waals surface area contributed by atoms with Crippen molar-refractivity contribution in [1.82, 2.24) is 4.31 Å². The number of thiophene rings is 1. The molecule has 0 radical (unpaired) electrons. The molecule has 0 aromatic carbocycles. The fourth-order valence-electron chi connectivity index (χ4n) is 2.37. The van der Waals surface area contributed by atoms with E-state index in [9.17, 15) is 8.42 Å². The highest BCUT2D eigenvalue weighted by Gasteiger charge is 2.31. The largest absolute Gasteiger partial charge is 0.377 e. The normalized spacial score (nSPS) is 21.2. The first-order chi connectivity index (χ1) is 9.48. The number of aryl methyl sites for hydroxylation is 1. The van der Waals surface area contributed by atoms with Gasteiger partial charge >= 0.3 is 0 Å². The molecule has 1 saturated heterocycles. The number of sulfonamides is 1. The predicted octanol–water partition coefficient (Wildman–Crippen LogP) is 2.98. The summed E-state index contributed by atoms with van der Waals surface area (Å²) in [7, 11) is -3.41. The maximum Gasteiger partial charge on any atom is 0.252 e. The maximum atomic E-state index is 12.7. The Morgan fingerprint density at radius 1 is 1.55 bits per heavy atom. The fourth-order valence-corrected chi connectivity index (χ4v) is 5.85. The van der Waals surface area contributed by atoms with Crippen molar-refractivity contribution in [2.24, 2.45) is 0 Å². The molecule has 2 heterocycles. The van der Waals surface area contributed by atoms with Gasteiger partial charge in [-0.2, -0.15) is 4.31 Å². The quantitative estimate of drug-likeness (QED) is 0.776. The van der Waals surface area contributed by atoms with Gasteiger partial charge in [0.1, 0.15) is 4.21 Å². The maximum absolute atomic E-state index is 12.7. The summed E-state index contributed by atoms with van der Waals surface area (Å²) in [5, 5.41) is 0. The molecule has 7 heteroatoms. The Morgan fingerprint density at radius 2 is 2.30 bits per heavy atom. The second-order valence-corrected chi connectivity index (χ2v) is 8.46. The summed E-state index contributed by atoms with van der Waals surface area (Å²) < 4.78 is 32.8. The van der Waals surface area contributed by atoms with E-state index in [-0.39, 0.29) is 6.10 Å². The van der Waals surface area contributed by atoms with E-state index in [1.165, 1.54) is 11.3 Å². The van der Waals surface area contributed by atoms with Gasteiger partial charge in [0.05, 0.1) is 12.0 Å². The van der Waals surface area contributed by atoms with Crippen LogP contribution in [0.4, 0.5) is 0 Å². The van der Waals surface area contributed by atoms with Gasteiger partial charge in [-0.15, -0.1) is 22.9 Å². The summed E-state index contributed by atoms with van der Waals surface area (Å²) in [6.45, 7) is 5.46. The Morgan fingerprint density at radius 3 is 2.90 bits per heavy atom. The lowest BCUT2D eigenvalue weighted by molar-refractivity contribution is 0.0265. The van der Waals surface area contributed by atoms with Crippen LogP contribution in [-0.4, -0.2) is 38.5 Å². The van der Waals surface area contributed by atoms with Gasteiger partial charge in [0.2, 0.25) is 0 Å².